The maximum atomic E-state index is 12.8. The predicted molar refractivity (Wildman–Crippen MR) is 118 cm³/mol. The average Bonchev–Trinajstić information content (AvgIpc) is 2.75. The van der Waals surface area contributed by atoms with E-state index >= 15 is 0 Å². The molecule has 1 heterocycles. The first-order chi connectivity index (χ1) is 14.0. The zero-order valence-corrected chi connectivity index (χ0v) is 18.3. The fourth-order valence-corrected chi connectivity index (χ4v) is 5.94. The molecule has 156 valence electrons. The smallest absolute Gasteiger partial charge is 0.243 e. The monoisotopic (exact) mass is 432 g/mol. The Morgan fingerprint density at radius 2 is 1.86 bits per heavy atom. The van der Waals surface area contributed by atoms with Crippen molar-refractivity contribution in [2.45, 2.75) is 30.4 Å². The van der Waals surface area contributed by atoms with Crippen LogP contribution in [0, 0.1) is 12.8 Å². The molecular weight excluding hydrogens is 404 g/mol. The number of sulfonamides is 1. The lowest BCUT2D eigenvalue weighted by Gasteiger charge is -2.31. The van der Waals surface area contributed by atoms with Gasteiger partial charge in [0.25, 0.3) is 0 Å². The summed E-state index contributed by atoms with van der Waals surface area (Å²) < 4.78 is 27.1. The van der Waals surface area contributed by atoms with Gasteiger partial charge in [0.05, 0.1) is 10.8 Å². The fourth-order valence-electron chi connectivity index (χ4n) is 3.46. The molecule has 0 spiro atoms. The lowest BCUT2D eigenvalue weighted by molar-refractivity contribution is -0.125. The summed E-state index contributed by atoms with van der Waals surface area (Å²) in [5.41, 5.74) is 2.60. The molecule has 2 aromatic carbocycles. The molecule has 2 aromatic rings. The van der Waals surface area contributed by atoms with Crippen molar-refractivity contribution in [3.05, 3.63) is 65.7 Å². The Balaban J connectivity index is 1.45. The molecule has 0 bridgehead atoms. The van der Waals surface area contributed by atoms with Crippen molar-refractivity contribution >= 4 is 27.7 Å². The van der Waals surface area contributed by atoms with E-state index < -0.39 is 10.0 Å². The van der Waals surface area contributed by atoms with Gasteiger partial charge in [-0.2, -0.15) is 16.1 Å². The topological polar surface area (TPSA) is 66.5 Å². The Bertz CT molecular complexity index is 917. The van der Waals surface area contributed by atoms with Crippen molar-refractivity contribution in [1.82, 2.24) is 9.62 Å². The zero-order valence-electron chi connectivity index (χ0n) is 16.7. The minimum atomic E-state index is -3.54. The van der Waals surface area contributed by atoms with Crippen molar-refractivity contribution in [1.29, 1.82) is 0 Å². The molecule has 0 saturated carbocycles. The van der Waals surface area contributed by atoms with E-state index in [1.54, 1.807) is 42.1 Å². The molecule has 0 unspecified atom stereocenters. The molecule has 1 atom stereocenters. The van der Waals surface area contributed by atoms with Crippen LogP contribution in [0.15, 0.2) is 59.5 Å². The average molecular weight is 433 g/mol. The lowest BCUT2D eigenvalue weighted by Crippen LogP contribution is -2.45. The van der Waals surface area contributed by atoms with Crippen LogP contribution in [0.3, 0.4) is 0 Å². The van der Waals surface area contributed by atoms with E-state index in [0.717, 1.165) is 17.9 Å². The second-order valence-electron chi connectivity index (χ2n) is 7.29. The number of hydrogen-bond donors (Lipinski definition) is 1. The van der Waals surface area contributed by atoms with Gasteiger partial charge in [0.15, 0.2) is 0 Å². The molecule has 3 rings (SSSR count). The number of nitrogens with zero attached hydrogens (tertiary/aromatic N) is 1. The highest BCUT2D eigenvalue weighted by molar-refractivity contribution is 7.98. The van der Waals surface area contributed by atoms with Crippen molar-refractivity contribution in [3.8, 4) is 0 Å². The summed E-state index contributed by atoms with van der Waals surface area (Å²) >= 11 is 1.79. The first-order valence-electron chi connectivity index (χ1n) is 9.93. The van der Waals surface area contributed by atoms with Gasteiger partial charge >= 0.3 is 0 Å². The summed E-state index contributed by atoms with van der Waals surface area (Å²) in [6, 6.07) is 16.8. The Morgan fingerprint density at radius 3 is 2.62 bits per heavy atom. The van der Waals surface area contributed by atoms with E-state index in [-0.39, 0.29) is 23.3 Å². The molecule has 1 saturated heterocycles. The van der Waals surface area contributed by atoms with E-state index in [2.05, 4.69) is 24.4 Å². The van der Waals surface area contributed by atoms with E-state index in [0.29, 0.717) is 19.5 Å². The quantitative estimate of drug-likeness (QED) is 0.649. The lowest BCUT2D eigenvalue weighted by atomic mass is 9.99. The molecule has 0 aromatic heterocycles. The zero-order chi connectivity index (χ0) is 20.7. The first-order valence-corrected chi connectivity index (χ1v) is 12.5. The molecular formula is C22H28N2O3S2. The van der Waals surface area contributed by atoms with Gasteiger partial charge in [0.2, 0.25) is 15.9 Å². The van der Waals surface area contributed by atoms with Gasteiger partial charge in [0.1, 0.15) is 0 Å². The van der Waals surface area contributed by atoms with Crippen LogP contribution in [-0.4, -0.2) is 44.0 Å². The standard InChI is InChI=1S/C22H28N2O3S2/c1-18-8-5-6-9-20(18)17-28-15-13-23-22(25)19-10-7-14-24(16-19)29(26,27)21-11-3-2-4-12-21/h2-6,8-9,11-12,19H,7,10,13-17H2,1H3,(H,23,25)/t19-/m1/s1. The van der Waals surface area contributed by atoms with Crippen molar-refractivity contribution in [2.24, 2.45) is 5.92 Å². The normalized spacial score (nSPS) is 17.8. The summed E-state index contributed by atoms with van der Waals surface area (Å²) in [7, 11) is -3.54. The molecule has 1 fully saturated rings. The third-order valence-electron chi connectivity index (χ3n) is 5.20. The number of aryl methyl sites for hydroxylation is 1. The predicted octanol–water partition coefficient (Wildman–Crippen LogP) is 3.45. The number of amides is 1. The van der Waals surface area contributed by atoms with Crippen molar-refractivity contribution < 1.29 is 13.2 Å². The van der Waals surface area contributed by atoms with Gasteiger partial charge in [-0.3, -0.25) is 4.79 Å². The number of nitrogens with one attached hydrogen (secondary N) is 1. The van der Waals surface area contributed by atoms with E-state index in [1.165, 1.54) is 15.4 Å². The number of hydrogen-bond acceptors (Lipinski definition) is 4. The molecule has 1 aliphatic heterocycles. The van der Waals surface area contributed by atoms with Crippen LogP contribution in [0.1, 0.15) is 24.0 Å². The minimum Gasteiger partial charge on any atom is -0.355 e. The van der Waals surface area contributed by atoms with Gasteiger partial charge < -0.3 is 5.32 Å². The number of carbonyl (C=O) groups is 1. The second-order valence-corrected chi connectivity index (χ2v) is 10.3. The van der Waals surface area contributed by atoms with Gasteiger partial charge in [-0.1, -0.05) is 42.5 Å². The Hall–Kier alpha value is -1.83. The van der Waals surface area contributed by atoms with Crippen LogP contribution in [0.25, 0.3) is 0 Å². The van der Waals surface area contributed by atoms with Gasteiger partial charge in [-0.15, -0.1) is 0 Å². The largest absolute Gasteiger partial charge is 0.355 e. The summed E-state index contributed by atoms with van der Waals surface area (Å²) in [5, 5.41) is 2.98. The first kappa shape index (κ1) is 21.9. The minimum absolute atomic E-state index is 0.0468. The summed E-state index contributed by atoms with van der Waals surface area (Å²) in [5.74, 6) is 1.42. The van der Waals surface area contributed by atoms with Crippen LogP contribution >= 0.6 is 11.8 Å². The maximum Gasteiger partial charge on any atom is 0.243 e. The highest BCUT2D eigenvalue weighted by Crippen LogP contribution is 2.24. The van der Waals surface area contributed by atoms with Crippen molar-refractivity contribution in [2.75, 3.05) is 25.4 Å². The molecule has 1 aliphatic rings. The number of piperidine rings is 1. The van der Waals surface area contributed by atoms with Gasteiger partial charge in [-0.25, -0.2) is 8.42 Å². The highest BCUT2D eigenvalue weighted by Gasteiger charge is 2.33. The number of rotatable bonds is 8. The molecule has 29 heavy (non-hydrogen) atoms. The molecule has 1 N–H and O–H groups in total. The molecule has 1 amide bonds. The fraction of sp³-hybridized carbons (Fsp3) is 0.409. The van der Waals surface area contributed by atoms with E-state index in [4.69, 9.17) is 0 Å². The third-order valence-corrected chi connectivity index (χ3v) is 8.09. The van der Waals surface area contributed by atoms with Crippen LogP contribution in [-0.2, 0) is 20.6 Å². The summed E-state index contributed by atoms with van der Waals surface area (Å²) in [6.07, 6.45) is 1.43. The van der Waals surface area contributed by atoms with E-state index in [9.17, 15) is 13.2 Å². The highest BCUT2D eigenvalue weighted by atomic mass is 32.2. The molecule has 0 aliphatic carbocycles. The van der Waals surface area contributed by atoms with Crippen LogP contribution in [0.5, 0.6) is 0 Å². The van der Waals surface area contributed by atoms with Crippen LogP contribution < -0.4 is 5.32 Å². The SMILES string of the molecule is Cc1ccccc1CSCCNC(=O)[C@@H]1CCCN(S(=O)(=O)c2ccccc2)C1. The molecule has 0 radical (unpaired) electrons. The molecule has 5 nitrogen and oxygen atoms in total. The van der Waals surface area contributed by atoms with Gasteiger partial charge in [-0.05, 0) is 43.0 Å². The molecule has 7 heteroatoms. The Kier molecular flexibility index (Phi) is 7.75. The number of benzene rings is 2. The Morgan fingerprint density at radius 1 is 1.14 bits per heavy atom. The Labute approximate surface area is 177 Å². The number of thioether (sulfide) groups is 1. The maximum absolute atomic E-state index is 12.8. The number of carbonyl (C=O) groups excluding carboxylic acids is 1. The third kappa shape index (κ3) is 5.84. The van der Waals surface area contributed by atoms with Crippen LogP contribution in [0.4, 0.5) is 0 Å². The van der Waals surface area contributed by atoms with Crippen molar-refractivity contribution in [3.63, 3.8) is 0 Å². The van der Waals surface area contributed by atoms with Gasteiger partial charge in [0, 0.05) is 31.1 Å². The van der Waals surface area contributed by atoms with E-state index in [1.807, 2.05) is 12.1 Å². The summed E-state index contributed by atoms with van der Waals surface area (Å²) in [6.45, 7) is 3.42. The van der Waals surface area contributed by atoms with Crippen LogP contribution in [0.2, 0.25) is 0 Å². The second kappa shape index (κ2) is 10.3. The summed E-state index contributed by atoms with van der Waals surface area (Å²) in [4.78, 5) is 12.8.